The van der Waals surface area contributed by atoms with Crippen LogP contribution in [-0.2, 0) is 4.79 Å². The first kappa shape index (κ1) is 13.8. The fourth-order valence-corrected chi connectivity index (χ4v) is 2.94. The predicted molar refractivity (Wildman–Crippen MR) is 73.5 cm³/mol. The lowest BCUT2D eigenvalue weighted by atomic mass is 9.89. The van der Waals surface area contributed by atoms with Crippen molar-refractivity contribution in [1.82, 2.24) is 15.1 Å². The molecule has 2 aliphatic rings. The lowest BCUT2D eigenvalue weighted by molar-refractivity contribution is -0.131. The number of nitrogens with zero attached hydrogens (tertiary/aromatic N) is 2. The molecule has 0 unspecified atom stereocenters. The van der Waals surface area contributed by atoms with Crippen molar-refractivity contribution in [3.8, 4) is 0 Å². The number of hydrogen-bond acceptors (Lipinski definition) is 3. The second-order valence-electron chi connectivity index (χ2n) is 5.82. The molecule has 1 amide bonds. The van der Waals surface area contributed by atoms with Crippen LogP contribution in [0.15, 0.2) is 0 Å². The van der Waals surface area contributed by atoms with Crippen LogP contribution in [0.2, 0.25) is 0 Å². The smallest absolute Gasteiger partial charge is 0.236 e. The van der Waals surface area contributed by atoms with Gasteiger partial charge in [-0.25, -0.2) is 0 Å². The van der Waals surface area contributed by atoms with Gasteiger partial charge in [0.1, 0.15) is 0 Å². The van der Waals surface area contributed by atoms with Gasteiger partial charge in [0.05, 0.1) is 6.54 Å². The van der Waals surface area contributed by atoms with Crippen LogP contribution in [-0.4, -0.2) is 62.0 Å². The lowest BCUT2D eigenvalue weighted by Gasteiger charge is -2.32. The van der Waals surface area contributed by atoms with Gasteiger partial charge in [-0.3, -0.25) is 4.79 Å². The second-order valence-corrected chi connectivity index (χ2v) is 5.82. The zero-order valence-corrected chi connectivity index (χ0v) is 11.7. The Morgan fingerprint density at radius 3 is 2.44 bits per heavy atom. The maximum atomic E-state index is 12.0. The van der Waals surface area contributed by atoms with E-state index in [1.54, 1.807) is 0 Å². The summed E-state index contributed by atoms with van der Waals surface area (Å²) < 4.78 is 0. The first-order valence-corrected chi connectivity index (χ1v) is 7.43. The summed E-state index contributed by atoms with van der Waals surface area (Å²) in [4.78, 5) is 16.3. The second kappa shape index (κ2) is 7.10. The van der Waals surface area contributed by atoms with Crippen molar-refractivity contribution in [1.29, 1.82) is 0 Å². The van der Waals surface area contributed by atoms with Crippen molar-refractivity contribution < 1.29 is 4.79 Å². The van der Waals surface area contributed by atoms with Gasteiger partial charge in [-0.2, -0.15) is 0 Å². The van der Waals surface area contributed by atoms with Crippen LogP contribution >= 0.6 is 0 Å². The van der Waals surface area contributed by atoms with Crippen molar-refractivity contribution >= 4 is 5.91 Å². The fraction of sp³-hybridized carbons (Fsp3) is 0.929. The molecule has 0 atom stereocenters. The summed E-state index contributed by atoms with van der Waals surface area (Å²) in [7, 11) is 2.11. The standard InChI is InChI=1S/C14H27N3O/c1-16-7-9-17(10-8-16)14(18)12-15-11-13-5-3-2-4-6-13/h13,15H,2-12H2,1H3. The third-order valence-corrected chi connectivity index (χ3v) is 4.29. The number of likely N-dealkylation sites (N-methyl/N-ethyl adjacent to an activating group) is 1. The van der Waals surface area contributed by atoms with E-state index < -0.39 is 0 Å². The van der Waals surface area contributed by atoms with Crippen LogP contribution in [0.5, 0.6) is 0 Å². The molecule has 18 heavy (non-hydrogen) atoms. The van der Waals surface area contributed by atoms with E-state index in [1.807, 2.05) is 4.90 Å². The molecule has 1 aliphatic carbocycles. The SMILES string of the molecule is CN1CCN(C(=O)CNCC2CCCCC2)CC1. The van der Waals surface area contributed by atoms with Crippen molar-refractivity contribution in [3.63, 3.8) is 0 Å². The van der Waals surface area contributed by atoms with E-state index in [9.17, 15) is 4.79 Å². The Morgan fingerprint density at radius 1 is 1.11 bits per heavy atom. The monoisotopic (exact) mass is 253 g/mol. The van der Waals surface area contributed by atoms with Gasteiger partial charge in [-0.1, -0.05) is 19.3 Å². The van der Waals surface area contributed by atoms with E-state index in [1.165, 1.54) is 32.1 Å². The molecule has 104 valence electrons. The number of rotatable bonds is 4. The van der Waals surface area contributed by atoms with Crippen LogP contribution in [0.3, 0.4) is 0 Å². The van der Waals surface area contributed by atoms with Gasteiger partial charge in [0.2, 0.25) is 5.91 Å². The normalized spacial score (nSPS) is 23.3. The maximum Gasteiger partial charge on any atom is 0.236 e. The number of amides is 1. The molecule has 1 aliphatic heterocycles. The van der Waals surface area contributed by atoms with E-state index in [0.717, 1.165) is 38.6 Å². The summed E-state index contributed by atoms with van der Waals surface area (Å²) in [6.45, 7) is 5.35. The quantitative estimate of drug-likeness (QED) is 0.809. The van der Waals surface area contributed by atoms with Gasteiger partial charge < -0.3 is 15.1 Å². The molecule has 0 spiro atoms. The van der Waals surface area contributed by atoms with Gasteiger partial charge >= 0.3 is 0 Å². The van der Waals surface area contributed by atoms with E-state index in [4.69, 9.17) is 0 Å². The lowest BCUT2D eigenvalue weighted by Crippen LogP contribution is -2.49. The Bertz CT molecular complexity index is 256. The molecule has 1 heterocycles. The Balaban J connectivity index is 1.59. The van der Waals surface area contributed by atoms with E-state index >= 15 is 0 Å². The molecule has 1 N–H and O–H groups in total. The maximum absolute atomic E-state index is 12.0. The molecule has 2 fully saturated rings. The third-order valence-electron chi connectivity index (χ3n) is 4.29. The van der Waals surface area contributed by atoms with Gasteiger partial charge in [0, 0.05) is 26.2 Å². The first-order valence-electron chi connectivity index (χ1n) is 7.43. The molecule has 4 nitrogen and oxygen atoms in total. The topological polar surface area (TPSA) is 35.6 Å². The first-order chi connectivity index (χ1) is 8.75. The molecular formula is C14H27N3O. The third kappa shape index (κ3) is 4.25. The molecule has 4 heteroatoms. The summed E-state index contributed by atoms with van der Waals surface area (Å²) >= 11 is 0. The van der Waals surface area contributed by atoms with Gasteiger partial charge in [0.15, 0.2) is 0 Å². The van der Waals surface area contributed by atoms with Crippen LogP contribution < -0.4 is 5.32 Å². The molecule has 0 radical (unpaired) electrons. The minimum absolute atomic E-state index is 0.277. The largest absolute Gasteiger partial charge is 0.339 e. The molecule has 1 saturated carbocycles. The number of nitrogens with one attached hydrogen (secondary N) is 1. The summed E-state index contributed by atoms with van der Waals surface area (Å²) in [5.74, 6) is 1.08. The highest BCUT2D eigenvalue weighted by molar-refractivity contribution is 5.78. The number of piperazine rings is 1. The Morgan fingerprint density at radius 2 is 1.78 bits per heavy atom. The van der Waals surface area contributed by atoms with E-state index in [2.05, 4.69) is 17.3 Å². The minimum atomic E-state index is 0.277. The molecule has 0 aromatic heterocycles. The highest BCUT2D eigenvalue weighted by Gasteiger charge is 2.19. The van der Waals surface area contributed by atoms with Crippen LogP contribution in [0.25, 0.3) is 0 Å². The van der Waals surface area contributed by atoms with Crippen molar-refractivity contribution in [2.45, 2.75) is 32.1 Å². The number of carbonyl (C=O) groups is 1. The van der Waals surface area contributed by atoms with Crippen LogP contribution in [0, 0.1) is 5.92 Å². The molecule has 2 rings (SSSR count). The average molecular weight is 253 g/mol. The Kier molecular flexibility index (Phi) is 5.45. The van der Waals surface area contributed by atoms with E-state index in [0.29, 0.717) is 6.54 Å². The zero-order chi connectivity index (χ0) is 12.8. The molecule has 0 aromatic rings. The van der Waals surface area contributed by atoms with Gasteiger partial charge in [-0.15, -0.1) is 0 Å². The average Bonchev–Trinajstić information content (AvgIpc) is 2.40. The molecule has 1 saturated heterocycles. The van der Waals surface area contributed by atoms with Crippen LogP contribution in [0.4, 0.5) is 0 Å². The van der Waals surface area contributed by atoms with Gasteiger partial charge in [-0.05, 0) is 32.4 Å². The highest BCUT2D eigenvalue weighted by Crippen LogP contribution is 2.22. The summed E-state index contributed by atoms with van der Waals surface area (Å²) in [5.41, 5.74) is 0. The molecule has 0 aromatic carbocycles. The minimum Gasteiger partial charge on any atom is -0.339 e. The van der Waals surface area contributed by atoms with Crippen molar-refractivity contribution in [2.24, 2.45) is 5.92 Å². The highest BCUT2D eigenvalue weighted by atomic mass is 16.2. The molecule has 0 bridgehead atoms. The zero-order valence-electron chi connectivity index (χ0n) is 11.7. The number of hydrogen-bond donors (Lipinski definition) is 1. The van der Waals surface area contributed by atoms with Crippen molar-refractivity contribution in [3.05, 3.63) is 0 Å². The van der Waals surface area contributed by atoms with Crippen molar-refractivity contribution in [2.75, 3.05) is 46.3 Å². The molecular weight excluding hydrogens is 226 g/mol. The number of carbonyl (C=O) groups excluding carboxylic acids is 1. The Hall–Kier alpha value is -0.610. The van der Waals surface area contributed by atoms with Crippen LogP contribution in [0.1, 0.15) is 32.1 Å². The summed E-state index contributed by atoms with van der Waals surface area (Å²) in [6, 6.07) is 0. The van der Waals surface area contributed by atoms with Gasteiger partial charge in [0.25, 0.3) is 0 Å². The predicted octanol–water partition coefficient (Wildman–Crippen LogP) is 0.930. The Labute approximate surface area is 111 Å². The van der Waals surface area contributed by atoms with E-state index in [-0.39, 0.29) is 5.91 Å². The summed E-state index contributed by atoms with van der Waals surface area (Å²) in [6.07, 6.45) is 6.83. The summed E-state index contributed by atoms with van der Waals surface area (Å²) in [5, 5.41) is 3.36. The fourth-order valence-electron chi connectivity index (χ4n) is 2.94.